The predicted octanol–water partition coefficient (Wildman–Crippen LogP) is 4.51. The SMILES string of the molecule is Cc1cccc(CNCC(=O)c2cc(C)n(-c3ccc(F)cc3)c2C)c1. The second kappa shape index (κ2) is 7.67. The molecule has 4 heteroatoms. The summed E-state index contributed by atoms with van der Waals surface area (Å²) in [5.74, 6) is -0.216. The Balaban J connectivity index is 1.72. The Morgan fingerprint density at radius 2 is 1.77 bits per heavy atom. The van der Waals surface area contributed by atoms with Crippen LogP contribution < -0.4 is 5.32 Å². The number of halogens is 1. The summed E-state index contributed by atoms with van der Waals surface area (Å²) >= 11 is 0. The van der Waals surface area contributed by atoms with Crippen LogP contribution in [-0.4, -0.2) is 16.9 Å². The van der Waals surface area contributed by atoms with E-state index in [1.165, 1.54) is 17.7 Å². The Bertz CT molecular complexity index is 926. The van der Waals surface area contributed by atoms with Crippen LogP contribution in [0.2, 0.25) is 0 Å². The summed E-state index contributed by atoms with van der Waals surface area (Å²) in [6.45, 7) is 6.86. The molecule has 0 aliphatic carbocycles. The minimum absolute atomic E-state index is 0.0547. The molecule has 1 heterocycles. The van der Waals surface area contributed by atoms with Crippen LogP contribution in [0.5, 0.6) is 0 Å². The highest BCUT2D eigenvalue weighted by Crippen LogP contribution is 2.21. The first-order valence-corrected chi connectivity index (χ1v) is 8.70. The summed E-state index contributed by atoms with van der Waals surface area (Å²) in [7, 11) is 0. The molecule has 0 saturated carbocycles. The zero-order valence-corrected chi connectivity index (χ0v) is 15.3. The Morgan fingerprint density at radius 1 is 1.04 bits per heavy atom. The number of aromatic nitrogens is 1. The van der Waals surface area contributed by atoms with Crippen molar-refractivity contribution in [3.8, 4) is 5.69 Å². The van der Waals surface area contributed by atoms with Crippen LogP contribution in [-0.2, 0) is 6.54 Å². The van der Waals surface area contributed by atoms with Crippen LogP contribution in [0.4, 0.5) is 4.39 Å². The third kappa shape index (κ3) is 3.92. The van der Waals surface area contributed by atoms with Gasteiger partial charge in [0.25, 0.3) is 0 Å². The summed E-state index contributed by atoms with van der Waals surface area (Å²) in [6, 6.07) is 16.4. The van der Waals surface area contributed by atoms with Crippen LogP contribution in [0.1, 0.15) is 32.9 Å². The number of nitrogens with one attached hydrogen (secondary N) is 1. The van der Waals surface area contributed by atoms with E-state index in [4.69, 9.17) is 0 Å². The lowest BCUT2D eigenvalue weighted by Crippen LogP contribution is -2.23. The molecule has 0 amide bonds. The zero-order chi connectivity index (χ0) is 18.7. The number of benzene rings is 2. The van der Waals surface area contributed by atoms with Gasteiger partial charge in [0.15, 0.2) is 5.78 Å². The van der Waals surface area contributed by atoms with Gasteiger partial charge in [0, 0.05) is 29.2 Å². The van der Waals surface area contributed by atoms with Crippen LogP contribution in [0.3, 0.4) is 0 Å². The molecule has 2 aromatic carbocycles. The van der Waals surface area contributed by atoms with Crippen molar-refractivity contribution in [3.05, 3.63) is 88.5 Å². The molecule has 3 aromatic rings. The lowest BCUT2D eigenvalue weighted by molar-refractivity contribution is 0.0990. The van der Waals surface area contributed by atoms with Gasteiger partial charge in [-0.25, -0.2) is 4.39 Å². The van der Waals surface area contributed by atoms with E-state index in [9.17, 15) is 9.18 Å². The van der Waals surface area contributed by atoms with E-state index in [1.807, 2.05) is 36.6 Å². The fourth-order valence-corrected chi connectivity index (χ4v) is 3.27. The van der Waals surface area contributed by atoms with Crippen molar-refractivity contribution in [2.45, 2.75) is 27.3 Å². The van der Waals surface area contributed by atoms with Gasteiger partial charge in [-0.3, -0.25) is 4.79 Å². The molecule has 3 rings (SSSR count). The Kier molecular flexibility index (Phi) is 5.33. The first kappa shape index (κ1) is 18.1. The molecule has 0 bridgehead atoms. The van der Waals surface area contributed by atoms with Gasteiger partial charge in [0.2, 0.25) is 0 Å². The number of carbonyl (C=O) groups is 1. The summed E-state index contributed by atoms with van der Waals surface area (Å²) in [5.41, 5.74) is 5.75. The summed E-state index contributed by atoms with van der Waals surface area (Å²) in [5, 5.41) is 3.22. The predicted molar refractivity (Wildman–Crippen MR) is 102 cm³/mol. The van der Waals surface area contributed by atoms with Crippen molar-refractivity contribution in [1.29, 1.82) is 0 Å². The van der Waals surface area contributed by atoms with E-state index in [0.29, 0.717) is 12.1 Å². The van der Waals surface area contributed by atoms with E-state index in [0.717, 1.165) is 22.6 Å². The zero-order valence-electron chi connectivity index (χ0n) is 15.3. The lowest BCUT2D eigenvalue weighted by atomic mass is 10.1. The molecule has 1 N–H and O–H groups in total. The molecule has 0 aliphatic heterocycles. The largest absolute Gasteiger partial charge is 0.318 e. The van der Waals surface area contributed by atoms with Gasteiger partial charge in [-0.15, -0.1) is 0 Å². The quantitative estimate of drug-likeness (QED) is 0.664. The van der Waals surface area contributed by atoms with Gasteiger partial charge in [-0.1, -0.05) is 29.8 Å². The Hall–Kier alpha value is -2.72. The van der Waals surface area contributed by atoms with Gasteiger partial charge in [-0.2, -0.15) is 0 Å². The summed E-state index contributed by atoms with van der Waals surface area (Å²) < 4.78 is 15.1. The first-order chi connectivity index (χ1) is 12.5. The van der Waals surface area contributed by atoms with Crippen molar-refractivity contribution in [1.82, 2.24) is 9.88 Å². The molecule has 26 heavy (non-hydrogen) atoms. The Labute approximate surface area is 153 Å². The van der Waals surface area contributed by atoms with Gasteiger partial charge in [0.05, 0.1) is 6.54 Å². The highest BCUT2D eigenvalue weighted by molar-refractivity contribution is 5.99. The lowest BCUT2D eigenvalue weighted by Gasteiger charge is -2.10. The smallest absolute Gasteiger partial charge is 0.178 e. The molecule has 0 spiro atoms. The maximum atomic E-state index is 13.2. The molecule has 1 aromatic heterocycles. The van der Waals surface area contributed by atoms with Crippen molar-refractivity contribution >= 4 is 5.78 Å². The van der Waals surface area contributed by atoms with E-state index >= 15 is 0 Å². The van der Waals surface area contributed by atoms with Gasteiger partial charge in [0.1, 0.15) is 5.82 Å². The number of ketones is 1. The highest BCUT2D eigenvalue weighted by Gasteiger charge is 2.16. The molecule has 0 atom stereocenters. The number of Topliss-reactive ketones (excluding diaryl/α,β-unsaturated/α-hetero) is 1. The molecule has 0 aliphatic rings. The average molecular weight is 350 g/mol. The number of carbonyl (C=O) groups excluding carboxylic acids is 1. The first-order valence-electron chi connectivity index (χ1n) is 8.70. The average Bonchev–Trinajstić information content (AvgIpc) is 2.90. The van der Waals surface area contributed by atoms with Crippen molar-refractivity contribution < 1.29 is 9.18 Å². The van der Waals surface area contributed by atoms with E-state index in [-0.39, 0.29) is 18.1 Å². The molecular formula is C22H23FN2O. The van der Waals surface area contributed by atoms with E-state index in [1.54, 1.807) is 12.1 Å². The molecule has 0 radical (unpaired) electrons. The van der Waals surface area contributed by atoms with Gasteiger partial charge < -0.3 is 9.88 Å². The maximum absolute atomic E-state index is 13.2. The molecule has 134 valence electrons. The molecule has 3 nitrogen and oxygen atoms in total. The van der Waals surface area contributed by atoms with Gasteiger partial charge >= 0.3 is 0 Å². The number of rotatable bonds is 6. The van der Waals surface area contributed by atoms with Crippen molar-refractivity contribution in [2.75, 3.05) is 6.54 Å². The molecular weight excluding hydrogens is 327 g/mol. The highest BCUT2D eigenvalue weighted by atomic mass is 19.1. The maximum Gasteiger partial charge on any atom is 0.178 e. The number of aryl methyl sites for hydroxylation is 2. The summed E-state index contributed by atoms with van der Waals surface area (Å²) in [6.07, 6.45) is 0. The normalized spacial score (nSPS) is 10.9. The van der Waals surface area contributed by atoms with Crippen LogP contribution in [0.15, 0.2) is 54.6 Å². The third-order valence-corrected chi connectivity index (χ3v) is 4.51. The fourth-order valence-electron chi connectivity index (χ4n) is 3.27. The van der Waals surface area contributed by atoms with Crippen LogP contribution >= 0.6 is 0 Å². The molecule has 0 saturated heterocycles. The van der Waals surface area contributed by atoms with Crippen LogP contribution in [0.25, 0.3) is 5.69 Å². The van der Waals surface area contributed by atoms with Crippen molar-refractivity contribution in [3.63, 3.8) is 0 Å². The Morgan fingerprint density at radius 3 is 2.46 bits per heavy atom. The summed E-state index contributed by atoms with van der Waals surface area (Å²) in [4.78, 5) is 12.6. The number of nitrogens with zero attached hydrogens (tertiary/aromatic N) is 1. The number of hydrogen-bond donors (Lipinski definition) is 1. The number of hydrogen-bond acceptors (Lipinski definition) is 2. The van der Waals surface area contributed by atoms with E-state index < -0.39 is 0 Å². The van der Waals surface area contributed by atoms with Crippen molar-refractivity contribution in [2.24, 2.45) is 0 Å². The second-order valence-electron chi connectivity index (χ2n) is 6.61. The van der Waals surface area contributed by atoms with Crippen LogP contribution in [0, 0.1) is 26.6 Å². The molecule has 0 unspecified atom stereocenters. The minimum Gasteiger partial charge on any atom is -0.318 e. The molecule has 0 fully saturated rings. The second-order valence-corrected chi connectivity index (χ2v) is 6.61. The standard InChI is InChI=1S/C22H23FN2O/c1-15-5-4-6-18(11-15)13-24-14-22(26)21-12-16(2)25(17(21)3)20-9-7-19(23)8-10-20/h4-12,24H,13-14H2,1-3H3. The topological polar surface area (TPSA) is 34.0 Å². The van der Waals surface area contributed by atoms with Gasteiger partial charge in [-0.05, 0) is 56.7 Å². The van der Waals surface area contributed by atoms with E-state index in [2.05, 4.69) is 24.4 Å². The minimum atomic E-state index is -0.270. The third-order valence-electron chi connectivity index (χ3n) is 4.51. The fraction of sp³-hybridized carbons (Fsp3) is 0.227. The monoisotopic (exact) mass is 350 g/mol.